The quantitative estimate of drug-likeness (QED) is 0.744. The predicted octanol–water partition coefficient (Wildman–Crippen LogP) is 3.56. The van der Waals surface area contributed by atoms with Crippen LogP contribution in [0.2, 0.25) is 0 Å². The molecular weight excluding hydrogens is 316 g/mol. The van der Waals surface area contributed by atoms with E-state index in [0.29, 0.717) is 11.3 Å². The molecule has 25 heavy (non-hydrogen) atoms. The molecular formula is C19H24N4O2. The van der Waals surface area contributed by atoms with Crippen molar-refractivity contribution < 1.29 is 9.59 Å². The fourth-order valence-corrected chi connectivity index (χ4v) is 2.47. The maximum absolute atomic E-state index is 12.3. The Hall–Kier alpha value is -2.76. The second kappa shape index (κ2) is 8.92. The van der Waals surface area contributed by atoms with Gasteiger partial charge in [-0.05, 0) is 44.0 Å². The van der Waals surface area contributed by atoms with Crippen molar-refractivity contribution in [3.05, 3.63) is 47.9 Å². The van der Waals surface area contributed by atoms with Crippen LogP contribution in [-0.4, -0.2) is 34.7 Å². The lowest BCUT2D eigenvalue weighted by Crippen LogP contribution is -2.26. The second-order valence-corrected chi connectivity index (χ2v) is 5.83. The van der Waals surface area contributed by atoms with E-state index in [0.717, 1.165) is 31.7 Å². The molecule has 0 bridgehead atoms. The first-order valence-corrected chi connectivity index (χ1v) is 8.54. The highest BCUT2D eigenvalue weighted by Gasteiger charge is 2.11. The summed E-state index contributed by atoms with van der Waals surface area (Å²) < 4.78 is 0. The summed E-state index contributed by atoms with van der Waals surface area (Å²) in [4.78, 5) is 34.3. The van der Waals surface area contributed by atoms with Crippen molar-refractivity contribution in [2.24, 2.45) is 0 Å². The molecule has 1 heterocycles. The number of amides is 1. The Morgan fingerprint density at radius 1 is 1.00 bits per heavy atom. The number of hydrogen-bond acceptors (Lipinski definition) is 5. The molecule has 1 N–H and O–H groups in total. The number of aromatic nitrogens is 2. The molecule has 0 radical (unpaired) electrons. The highest BCUT2D eigenvalue weighted by atomic mass is 16.2. The molecule has 0 unspecified atom stereocenters. The highest BCUT2D eigenvalue weighted by Crippen LogP contribution is 2.13. The third-order valence-electron chi connectivity index (χ3n) is 3.73. The summed E-state index contributed by atoms with van der Waals surface area (Å²) in [6.45, 7) is 7.57. The highest BCUT2D eigenvalue weighted by molar-refractivity contribution is 6.03. The zero-order valence-corrected chi connectivity index (χ0v) is 15.0. The number of anilines is 2. The molecule has 0 spiro atoms. The maximum Gasteiger partial charge on any atom is 0.275 e. The molecule has 1 aromatic heterocycles. The van der Waals surface area contributed by atoms with E-state index in [1.54, 1.807) is 30.5 Å². The molecule has 0 atom stereocenters. The van der Waals surface area contributed by atoms with Gasteiger partial charge in [0.25, 0.3) is 5.91 Å². The molecule has 0 aliphatic rings. The molecule has 0 aliphatic heterocycles. The number of nitrogens with one attached hydrogen (secondary N) is 1. The van der Waals surface area contributed by atoms with Crippen LogP contribution in [0.25, 0.3) is 0 Å². The van der Waals surface area contributed by atoms with Gasteiger partial charge in [0.15, 0.2) is 5.78 Å². The van der Waals surface area contributed by atoms with Crippen LogP contribution in [0.1, 0.15) is 54.5 Å². The van der Waals surface area contributed by atoms with E-state index in [1.165, 1.54) is 13.1 Å². The molecule has 0 aliphatic carbocycles. The Kier molecular flexibility index (Phi) is 6.62. The van der Waals surface area contributed by atoms with E-state index < -0.39 is 0 Å². The molecule has 1 aromatic carbocycles. The summed E-state index contributed by atoms with van der Waals surface area (Å²) in [5.74, 6) is 0.446. The van der Waals surface area contributed by atoms with Crippen LogP contribution in [0, 0.1) is 0 Å². The predicted molar refractivity (Wildman–Crippen MR) is 99.2 cm³/mol. The minimum absolute atomic E-state index is 0.0111. The van der Waals surface area contributed by atoms with Gasteiger partial charge < -0.3 is 10.2 Å². The number of hydrogen-bond donors (Lipinski definition) is 1. The first kappa shape index (κ1) is 18.6. The van der Waals surface area contributed by atoms with Gasteiger partial charge in [0.2, 0.25) is 0 Å². The summed E-state index contributed by atoms with van der Waals surface area (Å²) in [6.07, 6.45) is 5.19. The number of Topliss-reactive ketones (excluding diaryl/α,β-unsaturated/α-hetero) is 1. The van der Waals surface area contributed by atoms with Crippen LogP contribution in [0.4, 0.5) is 11.5 Å². The Morgan fingerprint density at radius 3 is 2.12 bits per heavy atom. The van der Waals surface area contributed by atoms with E-state index in [4.69, 9.17) is 0 Å². The van der Waals surface area contributed by atoms with E-state index in [9.17, 15) is 9.59 Å². The third-order valence-corrected chi connectivity index (χ3v) is 3.73. The number of rotatable bonds is 8. The Balaban J connectivity index is 2.05. The number of nitrogens with zero attached hydrogens (tertiary/aromatic N) is 3. The molecule has 132 valence electrons. The summed E-state index contributed by atoms with van der Waals surface area (Å²) >= 11 is 0. The number of ketones is 1. The molecule has 6 nitrogen and oxygen atoms in total. The van der Waals surface area contributed by atoms with Crippen LogP contribution in [0.5, 0.6) is 0 Å². The smallest absolute Gasteiger partial charge is 0.275 e. The van der Waals surface area contributed by atoms with Crippen molar-refractivity contribution in [1.29, 1.82) is 0 Å². The van der Waals surface area contributed by atoms with Gasteiger partial charge in [-0.25, -0.2) is 9.97 Å². The van der Waals surface area contributed by atoms with E-state index in [2.05, 4.69) is 34.0 Å². The van der Waals surface area contributed by atoms with Crippen molar-refractivity contribution >= 4 is 23.2 Å². The van der Waals surface area contributed by atoms with Crippen molar-refractivity contribution in [2.75, 3.05) is 23.3 Å². The molecule has 0 fully saturated rings. The van der Waals surface area contributed by atoms with Crippen molar-refractivity contribution in [2.45, 2.75) is 33.6 Å². The van der Waals surface area contributed by atoms with Crippen LogP contribution in [-0.2, 0) is 0 Å². The number of carbonyl (C=O) groups excluding carboxylic acids is 2. The average molecular weight is 340 g/mol. The van der Waals surface area contributed by atoms with Crippen molar-refractivity contribution in [3.63, 3.8) is 0 Å². The minimum Gasteiger partial charge on any atom is -0.355 e. The summed E-state index contributed by atoms with van der Waals surface area (Å²) in [5, 5.41) is 2.76. The SMILES string of the molecule is CCCN(CCC)c1cnc(C(=O)Nc2ccc(C(C)=O)cc2)cn1. The zero-order chi connectivity index (χ0) is 18.2. The van der Waals surface area contributed by atoms with Gasteiger partial charge in [-0.15, -0.1) is 0 Å². The fraction of sp³-hybridized carbons (Fsp3) is 0.368. The third kappa shape index (κ3) is 5.11. The van der Waals surface area contributed by atoms with Crippen LogP contribution < -0.4 is 10.2 Å². The fourth-order valence-electron chi connectivity index (χ4n) is 2.47. The van der Waals surface area contributed by atoms with Gasteiger partial charge in [0, 0.05) is 24.3 Å². The Morgan fingerprint density at radius 2 is 1.64 bits per heavy atom. The maximum atomic E-state index is 12.3. The van der Waals surface area contributed by atoms with E-state index >= 15 is 0 Å². The van der Waals surface area contributed by atoms with Gasteiger partial charge in [0.05, 0.1) is 12.4 Å². The first-order valence-electron chi connectivity index (χ1n) is 8.54. The lowest BCUT2D eigenvalue weighted by Gasteiger charge is -2.22. The van der Waals surface area contributed by atoms with Gasteiger partial charge in [-0.2, -0.15) is 0 Å². The van der Waals surface area contributed by atoms with E-state index in [1.807, 2.05) is 0 Å². The van der Waals surface area contributed by atoms with Gasteiger partial charge in [0.1, 0.15) is 11.5 Å². The summed E-state index contributed by atoms with van der Waals surface area (Å²) in [5.41, 5.74) is 1.47. The van der Waals surface area contributed by atoms with Crippen LogP contribution in [0.3, 0.4) is 0 Å². The lowest BCUT2D eigenvalue weighted by molar-refractivity contribution is 0.101. The Labute approximate surface area is 148 Å². The lowest BCUT2D eigenvalue weighted by atomic mass is 10.1. The van der Waals surface area contributed by atoms with Gasteiger partial charge in [-0.1, -0.05) is 13.8 Å². The van der Waals surface area contributed by atoms with Gasteiger partial charge in [-0.3, -0.25) is 9.59 Å². The summed E-state index contributed by atoms with van der Waals surface area (Å²) in [7, 11) is 0. The molecule has 2 rings (SSSR count). The first-order chi connectivity index (χ1) is 12.0. The normalized spacial score (nSPS) is 10.4. The second-order valence-electron chi connectivity index (χ2n) is 5.83. The van der Waals surface area contributed by atoms with Crippen LogP contribution in [0.15, 0.2) is 36.7 Å². The minimum atomic E-state index is -0.327. The molecule has 0 saturated carbocycles. The largest absolute Gasteiger partial charge is 0.355 e. The van der Waals surface area contributed by atoms with Crippen molar-refractivity contribution in [1.82, 2.24) is 9.97 Å². The van der Waals surface area contributed by atoms with Gasteiger partial charge >= 0.3 is 0 Å². The molecule has 1 amide bonds. The molecule has 2 aromatic rings. The standard InChI is InChI=1S/C19H24N4O2/c1-4-10-23(11-5-2)18-13-20-17(12-21-18)19(25)22-16-8-6-15(7-9-16)14(3)24/h6-9,12-13H,4-5,10-11H2,1-3H3,(H,22,25). The summed E-state index contributed by atoms with van der Waals surface area (Å²) in [6, 6.07) is 6.75. The monoisotopic (exact) mass is 340 g/mol. The number of benzene rings is 1. The van der Waals surface area contributed by atoms with E-state index in [-0.39, 0.29) is 17.4 Å². The Bertz CT molecular complexity index is 705. The topological polar surface area (TPSA) is 75.2 Å². The van der Waals surface area contributed by atoms with Crippen LogP contribution >= 0.6 is 0 Å². The van der Waals surface area contributed by atoms with Crippen molar-refractivity contribution in [3.8, 4) is 0 Å². The number of carbonyl (C=O) groups is 2. The average Bonchev–Trinajstić information content (AvgIpc) is 2.62. The zero-order valence-electron chi connectivity index (χ0n) is 15.0. The molecule has 6 heteroatoms. The molecule has 0 saturated heterocycles.